The van der Waals surface area contributed by atoms with Gasteiger partial charge in [-0.25, -0.2) is 14.6 Å². The maximum Gasteiger partial charge on any atom is 0.410 e. The molecule has 2 saturated heterocycles. The van der Waals surface area contributed by atoms with Gasteiger partial charge in [0.1, 0.15) is 18.2 Å². The van der Waals surface area contributed by atoms with Gasteiger partial charge in [0.25, 0.3) is 0 Å². The topological polar surface area (TPSA) is 136 Å². The fourth-order valence-corrected chi connectivity index (χ4v) is 6.28. The van der Waals surface area contributed by atoms with Gasteiger partial charge in [-0.05, 0) is 81.2 Å². The maximum atomic E-state index is 13.3. The van der Waals surface area contributed by atoms with Gasteiger partial charge in [0.15, 0.2) is 0 Å². The number of carboxylic acid groups (broad SMARTS) is 1. The number of nitrogens with zero attached hydrogens (tertiary/aromatic N) is 5. The van der Waals surface area contributed by atoms with Crippen molar-refractivity contribution in [3.05, 3.63) is 47.7 Å². The van der Waals surface area contributed by atoms with E-state index in [0.29, 0.717) is 37.9 Å². The predicted molar refractivity (Wildman–Crippen MR) is 157 cm³/mol. The van der Waals surface area contributed by atoms with E-state index in [1.807, 2.05) is 51.1 Å². The Balaban J connectivity index is 1.21. The largest absolute Gasteiger partial charge is 0.474 e. The number of ether oxygens (including phenoxy) is 2. The van der Waals surface area contributed by atoms with Crippen LogP contribution in [0.15, 0.2) is 36.5 Å². The van der Waals surface area contributed by atoms with Crippen LogP contribution in [-0.2, 0) is 22.5 Å². The number of piperidine rings is 1. The second kappa shape index (κ2) is 12.9. The van der Waals surface area contributed by atoms with Crippen LogP contribution in [-0.4, -0.2) is 86.8 Å². The van der Waals surface area contributed by atoms with Gasteiger partial charge in [0.2, 0.25) is 11.8 Å². The van der Waals surface area contributed by atoms with Gasteiger partial charge < -0.3 is 24.4 Å². The van der Waals surface area contributed by atoms with Crippen molar-refractivity contribution in [1.82, 2.24) is 19.7 Å². The zero-order valence-corrected chi connectivity index (χ0v) is 24.9. The molecule has 0 spiro atoms. The van der Waals surface area contributed by atoms with Gasteiger partial charge in [0, 0.05) is 43.9 Å². The summed E-state index contributed by atoms with van der Waals surface area (Å²) in [6, 6.07) is 10.5. The Kier molecular flexibility index (Phi) is 9.04. The quantitative estimate of drug-likeness (QED) is 0.513. The lowest BCUT2D eigenvalue weighted by atomic mass is 9.90. The zero-order valence-electron chi connectivity index (χ0n) is 24.9. The summed E-state index contributed by atoms with van der Waals surface area (Å²) >= 11 is 0. The second-order valence-electron chi connectivity index (χ2n) is 11.9. The summed E-state index contributed by atoms with van der Waals surface area (Å²) < 4.78 is 11.5. The summed E-state index contributed by atoms with van der Waals surface area (Å²) in [6.45, 7) is 7.58. The molecule has 3 amide bonds. The Labute approximate surface area is 252 Å². The summed E-state index contributed by atoms with van der Waals surface area (Å²) in [7, 11) is 0. The number of pyridine rings is 1. The number of benzene rings is 1. The molecule has 2 fully saturated rings. The summed E-state index contributed by atoms with van der Waals surface area (Å²) in [6.07, 6.45) is 3.43. The highest BCUT2D eigenvalue weighted by Crippen LogP contribution is 2.31. The predicted octanol–water partition coefficient (Wildman–Crippen LogP) is 4.69. The average molecular weight is 590 g/mol. The Hall–Kier alpha value is -4.33. The van der Waals surface area contributed by atoms with Crippen molar-refractivity contribution >= 4 is 18.1 Å². The number of rotatable bonds is 6. The van der Waals surface area contributed by atoms with Crippen molar-refractivity contribution in [2.75, 3.05) is 19.6 Å². The molecule has 43 heavy (non-hydrogen) atoms. The SMILES string of the molecule is CC(C)OC(=O)N1CCC([C@@H](C)Oc2ccc(-c3ccc4c(c3)CN(C(=O)O)[C@H](C(=O)N3CCC[C@H]3C#N)C4)cn2)CC1. The molecule has 0 aliphatic carbocycles. The van der Waals surface area contributed by atoms with Crippen molar-refractivity contribution in [3.63, 3.8) is 0 Å². The summed E-state index contributed by atoms with van der Waals surface area (Å²) in [5.41, 5.74) is 3.54. The fourth-order valence-electron chi connectivity index (χ4n) is 6.28. The van der Waals surface area contributed by atoms with E-state index in [2.05, 4.69) is 11.1 Å². The van der Waals surface area contributed by atoms with Crippen LogP contribution >= 0.6 is 0 Å². The highest BCUT2D eigenvalue weighted by Gasteiger charge is 2.40. The number of hydrogen-bond donors (Lipinski definition) is 1. The lowest BCUT2D eigenvalue weighted by molar-refractivity contribution is -0.136. The Bertz CT molecular complexity index is 1380. The Morgan fingerprint density at radius 3 is 2.40 bits per heavy atom. The lowest BCUT2D eigenvalue weighted by Gasteiger charge is -2.36. The standard InChI is InChI=1S/C32H39N5O6/c1-20(2)42-32(41)35-13-10-22(11-14-35)21(3)43-29-9-8-25(18-34-29)23-6-7-24-16-28(37(31(39)40)19-26(24)15-23)30(38)36-12-4-5-27(36)17-33/h6-9,15,18,20-22,27-28H,4-5,10-14,16,19H2,1-3H3,(H,39,40)/t21-,27+,28+/m1/s1. The summed E-state index contributed by atoms with van der Waals surface area (Å²) in [5.74, 6) is 0.524. The first-order chi connectivity index (χ1) is 20.6. The molecule has 3 aliphatic heterocycles. The van der Waals surface area contributed by atoms with E-state index in [1.54, 1.807) is 11.1 Å². The Morgan fingerprint density at radius 1 is 1.00 bits per heavy atom. The molecule has 11 nitrogen and oxygen atoms in total. The maximum absolute atomic E-state index is 13.3. The van der Waals surface area contributed by atoms with Gasteiger partial charge in [-0.2, -0.15) is 5.26 Å². The first-order valence-electron chi connectivity index (χ1n) is 15.0. The molecule has 1 aromatic carbocycles. The minimum Gasteiger partial charge on any atom is -0.474 e. The number of carbonyl (C=O) groups is 3. The molecule has 1 aromatic heterocycles. The fraction of sp³-hybridized carbons (Fsp3) is 0.531. The third kappa shape index (κ3) is 6.69. The average Bonchev–Trinajstić information content (AvgIpc) is 3.49. The molecule has 4 heterocycles. The molecular formula is C32H39N5O6. The van der Waals surface area contributed by atoms with Crippen LogP contribution in [0.25, 0.3) is 11.1 Å². The minimum atomic E-state index is -1.15. The molecule has 11 heteroatoms. The molecule has 0 bridgehead atoms. The molecule has 3 aliphatic rings. The number of hydrogen-bond acceptors (Lipinski definition) is 7. The third-order valence-electron chi connectivity index (χ3n) is 8.73. The number of likely N-dealkylation sites (tertiary alicyclic amines) is 2. The number of aromatic nitrogens is 1. The van der Waals surface area contributed by atoms with Crippen LogP contribution in [0, 0.1) is 17.2 Å². The lowest BCUT2D eigenvalue weighted by Crippen LogP contribution is -2.54. The van der Waals surface area contributed by atoms with E-state index in [1.165, 1.54) is 9.80 Å². The third-order valence-corrected chi connectivity index (χ3v) is 8.73. The number of carbonyl (C=O) groups excluding carboxylic acids is 2. The van der Waals surface area contributed by atoms with Crippen molar-refractivity contribution in [2.45, 2.75) is 83.7 Å². The monoisotopic (exact) mass is 589 g/mol. The molecule has 0 radical (unpaired) electrons. The molecule has 5 rings (SSSR count). The van der Waals surface area contributed by atoms with Gasteiger partial charge in [-0.1, -0.05) is 12.1 Å². The van der Waals surface area contributed by atoms with Crippen LogP contribution < -0.4 is 4.74 Å². The summed E-state index contributed by atoms with van der Waals surface area (Å²) in [4.78, 5) is 46.6. The first-order valence-corrected chi connectivity index (χ1v) is 15.0. The molecular weight excluding hydrogens is 550 g/mol. The van der Waals surface area contributed by atoms with Crippen LogP contribution in [0.3, 0.4) is 0 Å². The number of fused-ring (bicyclic) bond motifs is 1. The zero-order chi connectivity index (χ0) is 30.7. The molecule has 0 saturated carbocycles. The molecule has 2 aromatic rings. The van der Waals surface area contributed by atoms with Crippen LogP contribution in [0.1, 0.15) is 57.6 Å². The first kappa shape index (κ1) is 30.1. The van der Waals surface area contributed by atoms with E-state index >= 15 is 0 Å². The van der Waals surface area contributed by atoms with E-state index in [-0.39, 0.29) is 37.2 Å². The highest BCUT2D eigenvalue weighted by molar-refractivity contribution is 5.87. The van der Waals surface area contributed by atoms with Crippen LogP contribution in [0.5, 0.6) is 5.88 Å². The molecule has 0 unspecified atom stereocenters. The number of amides is 3. The van der Waals surface area contributed by atoms with E-state index < -0.39 is 18.2 Å². The normalized spacial score (nSPS) is 21.2. The van der Waals surface area contributed by atoms with Gasteiger partial charge >= 0.3 is 12.2 Å². The second-order valence-corrected chi connectivity index (χ2v) is 11.9. The Morgan fingerprint density at radius 2 is 1.74 bits per heavy atom. The van der Waals surface area contributed by atoms with Crippen LogP contribution in [0.2, 0.25) is 0 Å². The highest BCUT2D eigenvalue weighted by atomic mass is 16.6. The molecule has 1 N–H and O–H groups in total. The molecule has 3 atom stereocenters. The smallest absolute Gasteiger partial charge is 0.410 e. The van der Waals surface area contributed by atoms with E-state index in [9.17, 15) is 24.8 Å². The van der Waals surface area contributed by atoms with E-state index in [0.717, 1.165) is 41.5 Å². The van der Waals surface area contributed by atoms with Gasteiger partial charge in [-0.15, -0.1) is 0 Å². The number of nitriles is 1. The van der Waals surface area contributed by atoms with Crippen LogP contribution in [0.4, 0.5) is 9.59 Å². The van der Waals surface area contributed by atoms with Gasteiger partial charge in [0.05, 0.1) is 18.7 Å². The van der Waals surface area contributed by atoms with Crippen molar-refractivity contribution in [2.24, 2.45) is 5.92 Å². The summed E-state index contributed by atoms with van der Waals surface area (Å²) in [5, 5.41) is 19.4. The minimum absolute atomic E-state index is 0.0629. The van der Waals surface area contributed by atoms with Crippen molar-refractivity contribution < 1.29 is 29.0 Å². The van der Waals surface area contributed by atoms with E-state index in [4.69, 9.17) is 9.47 Å². The van der Waals surface area contributed by atoms with Gasteiger partial charge in [-0.3, -0.25) is 9.69 Å². The van der Waals surface area contributed by atoms with Crippen molar-refractivity contribution in [1.29, 1.82) is 5.26 Å². The van der Waals surface area contributed by atoms with Crippen molar-refractivity contribution in [3.8, 4) is 23.1 Å². The molecule has 228 valence electrons.